The summed E-state index contributed by atoms with van der Waals surface area (Å²) in [5, 5.41) is -0.151. The van der Waals surface area contributed by atoms with Crippen LogP contribution in [0.25, 0.3) is 0 Å². The molecule has 104 valence electrons. The summed E-state index contributed by atoms with van der Waals surface area (Å²) < 4.78 is 5.10. The normalized spacial score (nSPS) is 11.9. The Balaban J connectivity index is 2.43. The molecule has 1 aromatic carbocycles. The number of rotatable bonds is 7. The highest BCUT2D eigenvalue weighted by atomic mass is 32.2. The molecule has 0 aliphatic heterocycles. The number of benzene rings is 1. The minimum absolute atomic E-state index is 0.147. The molecule has 0 aliphatic carbocycles. The van der Waals surface area contributed by atoms with E-state index in [9.17, 15) is 4.79 Å². The van der Waals surface area contributed by atoms with E-state index in [1.165, 1.54) is 0 Å². The summed E-state index contributed by atoms with van der Waals surface area (Å²) in [5.74, 6) is 0.617. The molecule has 0 radical (unpaired) electrons. The van der Waals surface area contributed by atoms with Crippen LogP contribution in [-0.4, -0.2) is 22.8 Å². The molecule has 19 heavy (non-hydrogen) atoms. The van der Waals surface area contributed by atoms with Crippen LogP contribution in [0.3, 0.4) is 0 Å². The summed E-state index contributed by atoms with van der Waals surface area (Å²) in [5.41, 5.74) is 7.54. The Labute approximate surface area is 123 Å². The molecule has 0 saturated carbocycles. The second-order valence-corrected chi connectivity index (χ2v) is 5.95. The third-order valence-corrected chi connectivity index (χ3v) is 3.95. The van der Waals surface area contributed by atoms with Gasteiger partial charge in [0.2, 0.25) is 0 Å². The topological polar surface area (TPSA) is 52.3 Å². The van der Waals surface area contributed by atoms with Crippen LogP contribution >= 0.6 is 24.0 Å². The number of carbonyl (C=O) groups excluding carboxylic acids is 1. The first-order valence-electron chi connectivity index (χ1n) is 6.21. The van der Waals surface area contributed by atoms with E-state index in [2.05, 4.69) is 0 Å². The molecule has 1 rings (SSSR count). The number of hydrogen-bond donors (Lipinski definition) is 1. The van der Waals surface area contributed by atoms with Gasteiger partial charge in [0.05, 0.1) is 11.9 Å². The fraction of sp³-hybridized carbons (Fsp3) is 0.429. The minimum atomic E-state index is -0.151. The van der Waals surface area contributed by atoms with Crippen molar-refractivity contribution in [2.24, 2.45) is 5.73 Å². The summed E-state index contributed by atoms with van der Waals surface area (Å²) in [6.07, 6.45) is 0.851. The lowest BCUT2D eigenvalue weighted by Gasteiger charge is -2.11. The van der Waals surface area contributed by atoms with Gasteiger partial charge in [-0.15, -0.1) is 11.8 Å². The molecule has 5 heteroatoms. The molecule has 2 N–H and O–H groups in total. The van der Waals surface area contributed by atoms with Gasteiger partial charge in [0, 0.05) is 11.3 Å². The number of thioether (sulfide) groups is 1. The van der Waals surface area contributed by atoms with Gasteiger partial charge in [-0.25, -0.2) is 0 Å². The maximum absolute atomic E-state index is 11.6. The smallest absolute Gasteiger partial charge is 0.318 e. The van der Waals surface area contributed by atoms with Crippen molar-refractivity contribution in [2.45, 2.75) is 31.3 Å². The van der Waals surface area contributed by atoms with Gasteiger partial charge in [-0.1, -0.05) is 43.4 Å². The van der Waals surface area contributed by atoms with Crippen LogP contribution in [0.4, 0.5) is 0 Å². The van der Waals surface area contributed by atoms with Gasteiger partial charge < -0.3 is 10.5 Å². The van der Waals surface area contributed by atoms with E-state index >= 15 is 0 Å². The lowest BCUT2D eigenvalue weighted by Crippen LogP contribution is -2.17. The van der Waals surface area contributed by atoms with E-state index in [0.717, 1.165) is 23.3 Å². The lowest BCUT2D eigenvalue weighted by molar-refractivity contribution is -0.142. The fourth-order valence-corrected chi connectivity index (χ4v) is 2.35. The average molecular weight is 297 g/mol. The molecule has 1 aromatic rings. The highest BCUT2D eigenvalue weighted by Gasteiger charge is 2.14. The van der Waals surface area contributed by atoms with Crippen LogP contribution in [0.2, 0.25) is 0 Å². The van der Waals surface area contributed by atoms with E-state index in [1.807, 2.05) is 38.1 Å². The third kappa shape index (κ3) is 5.61. The SMILES string of the molecule is CCCOC(=O)C(C)SCc1ccc(C(N)=S)cc1. The number of ether oxygens (including phenoxy) is 1. The Morgan fingerprint density at radius 1 is 1.42 bits per heavy atom. The average Bonchev–Trinajstić information content (AvgIpc) is 2.42. The summed E-state index contributed by atoms with van der Waals surface area (Å²) >= 11 is 6.46. The van der Waals surface area contributed by atoms with Crippen molar-refractivity contribution in [1.82, 2.24) is 0 Å². The highest BCUT2D eigenvalue weighted by molar-refractivity contribution is 7.99. The predicted molar refractivity (Wildman–Crippen MR) is 84.3 cm³/mol. The number of esters is 1. The van der Waals surface area contributed by atoms with Crippen LogP contribution in [0.1, 0.15) is 31.4 Å². The van der Waals surface area contributed by atoms with Gasteiger partial charge in [-0.3, -0.25) is 4.79 Å². The zero-order chi connectivity index (χ0) is 14.3. The zero-order valence-corrected chi connectivity index (χ0v) is 12.9. The summed E-state index contributed by atoms with van der Waals surface area (Å²) in [6, 6.07) is 7.76. The van der Waals surface area contributed by atoms with E-state index in [4.69, 9.17) is 22.7 Å². The third-order valence-electron chi connectivity index (χ3n) is 2.52. The second kappa shape index (κ2) is 8.17. The maximum atomic E-state index is 11.6. The molecule has 0 bridgehead atoms. The van der Waals surface area contributed by atoms with Crippen LogP contribution in [0.5, 0.6) is 0 Å². The van der Waals surface area contributed by atoms with Crippen molar-refractivity contribution in [1.29, 1.82) is 0 Å². The van der Waals surface area contributed by atoms with Crippen molar-refractivity contribution in [3.63, 3.8) is 0 Å². The minimum Gasteiger partial charge on any atom is -0.465 e. The lowest BCUT2D eigenvalue weighted by atomic mass is 10.1. The molecule has 0 aromatic heterocycles. The summed E-state index contributed by atoms with van der Waals surface area (Å²) in [6.45, 7) is 4.34. The van der Waals surface area contributed by atoms with E-state index in [-0.39, 0.29) is 11.2 Å². The van der Waals surface area contributed by atoms with Gasteiger partial charge in [-0.05, 0) is 18.9 Å². The van der Waals surface area contributed by atoms with Crippen LogP contribution < -0.4 is 5.73 Å². The molecule has 0 spiro atoms. The molecular weight excluding hydrogens is 278 g/mol. The molecule has 0 aliphatic rings. The van der Waals surface area contributed by atoms with Gasteiger partial charge in [-0.2, -0.15) is 0 Å². The molecule has 1 unspecified atom stereocenters. The number of carbonyl (C=O) groups is 1. The molecule has 0 heterocycles. The quantitative estimate of drug-likeness (QED) is 0.619. The monoisotopic (exact) mass is 297 g/mol. The first-order chi connectivity index (χ1) is 9.04. The molecule has 3 nitrogen and oxygen atoms in total. The number of hydrogen-bond acceptors (Lipinski definition) is 4. The van der Waals surface area contributed by atoms with Crippen molar-refractivity contribution >= 4 is 34.9 Å². The van der Waals surface area contributed by atoms with E-state index in [1.54, 1.807) is 11.8 Å². The Hall–Kier alpha value is -1.07. The highest BCUT2D eigenvalue weighted by Crippen LogP contribution is 2.19. The van der Waals surface area contributed by atoms with Crippen LogP contribution in [-0.2, 0) is 15.3 Å². The predicted octanol–water partition coefficient (Wildman–Crippen LogP) is 2.90. The number of nitrogens with two attached hydrogens (primary N) is 1. The Morgan fingerprint density at radius 3 is 2.58 bits per heavy atom. The Bertz CT molecular complexity index is 432. The summed E-state index contributed by atoms with van der Waals surface area (Å²) in [4.78, 5) is 12.0. The summed E-state index contributed by atoms with van der Waals surface area (Å²) in [7, 11) is 0. The largest absolute Gasteiger partial charge is 0.465 e. The molecule has 0 amide bonds. The van der Waals surface area contributed by atoms with Crippen molar-refractivity contribution in [3.05, 3.63) is 35.4 Å². The van der Waals surface area contributed by atoms with Crippen molar-refractivity contribution in [2.75, 3.05) is 6.61 Å². The van der Waals surface area contributed by atoms with Gasteiger partial charge in [0.15, 0.2) is 0 Å². The molecular formula is C14H19NO2S2. The molecule has 0 fully saturated rings. The van der Waals surface area contributed by atoms with E-state index in [0.29, 0.717) is 11.6 Å². The van der Waals surface area contributed by atoms with Crippen LogP contribution in [0, 0.1) is 0 Å². The van der Waals surface area contributed by atoms with Crippen molar-refractivity contribution < 1.29 is 9.53 Å². The van der Waals surface area contributed by atoms with E-state index < -0.39 is 0 Å². The Kier molecular flexibility index (Phi) is 6.87. The van der Waals surface area contributed by atoms with Gasteiger partial charge >= 0.3 is 5.97 Å². The zero-order valence-electron chi connectivity index (χ0n) is 11.2. The van der Waals surface area contributed by atoms with Crippen LogP contribution in [0.15, 0.2) is 24.3 Å². The van der Waals surface area contributed by atoms with Gasteiger partial charge in [0.1, 0.15) is 4.99 Å². The van der Waals surface area contributed by atoms with Gasteiger partial charge in [0.25, 0.3) is 0 Å². The maximum Gasteiger partial charge on any atom is 0.318 e. The Morgan fingerprint density at radius 2 is 2.05 bits per heavy atom. The first-order valence-corrected chi connectivity index (χ1v) is 7.67. The molecule has 1 atom stereocenters. The number of thiocarbonyl (C=S) groups is 1. The first kappa shape index (κ1) is 16.0. The standard InChI is InChI=1S/C14H19NO2S2/c1-3-8-17-14(16)10(2)19-9-11-4-6-12(7-5-11)13(15)18/h4-7,10H,3,8-9H2,1-2H3,(H2,15,18). The molecule has 0 saturated heterocycles. The fourth-order valence-electron chi connectivity index (χ4n) is 1.37. The second-order valence-electron chi connectivity index (χ2n) is 4.18. The van der Waals surface area contributed by atoms with Crippen molar-refractivity contribution in [3.8, 4) is 0 Å².